The first-order valence-electron chi connectivity index (χ1n) is 6.55. The van der Waals surface area contributed by atoms with Gasteiger partial charge in [-0.1, -0.05) is 25.1 Å². The van der Waals surface area contributed by atoms with Crippen LogP contribution in [0.25, 0.3) is 10.1 Å². The molecule has 1 unspecified atom stereocenters. The van der Waals surface area contributed by atoms with Gasteiger partial charge in [0.15, 0.2) is 0 Å². The van der Waals surface area contributed by atoms with Crippen LogP contribution in [0.2, 0.25) is 0 Å². The fourth-order valence-electron chi connectivity index (χ4n) is 2.42. The molecule has 0 amide bonds. The SMILES string of the molecule is CCNC(c1ccc(C)s1)c1cccc2ccsc12. The molecule has 2 heterocycles. The van der Waals surface area contributed by atoms with Crippen LogP contribution in [-0.2, 0) is 0 Å². The molecule has 3 heteroatoms. The van der Waals surface area contributed by atoms with E-state index in [4.69, 9.17) is 0 Å². The predicted molar refractivity (Wildman–Crippen MR) is 86.4 cm³/mol. The number of fused-ring (bicyclic) bond motifs is 1. The van der Waals surface area contributed by atoms with Gasteiger partial charge in [0.1, 0.15) is 0 Å². The fourth-order valence-corrected chi connectivity index (χ4v) is 4.34. The molecule has 0 aliphatic rings. The summed E-state index contributed by atoms with van der Waals surface area (Å²) in [6.45, 7) is 5.31. The zero-order valence-corrected chi connectivity index (χ0v) is 12.8. The van der Waals surface area contributed by atoms with Gasteiger partial charge in [0.05, 0.1) is 6.04 Å². The van der Waals surface area contributed by atoms with E-state index in [0.717, 1.165) is 6.54 Å². The lowest BCUT2D eigenvalue weighted by Gasteiger charge is -2.17. The highest BCUT2D eigenvalue weighted by molar-refractivity contribution is 7.17. The van der Waals surface area contributed by atoms with Crippen molar-refractivity contribution in [3.05, 3.63) is 57.1 Å². The van der Waals surface area contributed by atoms with Crippen LogP contribution >= 0.6 is 22.7 Å². The Morgan fingerprint density at radius 3 is 2.79 bits per heavy atom. The van der Waals surface area contributed by atoms with Crippen LogP contribution in [0.3, 0.4) is 0 Å². The summed E-state index contributed by atoms with van der Waals surface area (Å²) in [4.78, 5) is 2.77. The Bertz CT molecular complexity index is 681. The van der Waals surface area contributed by atoms with Crippen LogP contribution < -0.4 is 5.32 Å². The number of aryl methyl sites for hydroxylation is 1. The van der Waals surface area contributed by atoms with E-state index in [2.05, 4.69) is 60.9 Å². The Morgan fingerprint density at radius 2 is 2.05 bits per heavy atom. The van der Waals surface area contributed by atoms with E-state index in [1.807, 2.05) is 22.7 Å². The van der Waals surface area contributed by atoms with Crippen LogP contribution in [0.15, 0.2) is 41.8 Å². The zero-order valence-electron chi connectivity index (χ0n) is 11.1. The monoisotopic (exact) mass is 287 g/mol. The second-order valence-electron chi connectivity index (χ2n) is 4.63. The van der Waals surface area contributed by atoms with Gasteiger partial charge in [0, 0.05) is 14.5 Å². The maximum atomic E-state index is 3.63. The van der Waals surface area contributed by atoms with Crippen molar-refractivity contribution in [3.63, 3.8) is 0 Å². The van der Waals surface area contributed by atoms with Gasteiger partial charge in [-0.3, -0.25) is 0 Å². The van der Waals surface area contributed by atoms with Crippen molar-refractivity contribution in [1.82, 2.24) is 5.32 Å². The largest absolute Gasteiger partial charge is 0.306 e. The van der Waals surface area contributed by atoms with E-state index in [9.17, 15) is 0 Å². The van der Waals surface area contributed by atoms with Gasteiger partial charge in [0.2, 0.25) is 0 Å². The van der Waals surface area contributed by atoms with E-state index in [1.54, 1.807) is 0 Å². The first kappa shape index (κ1) is 12.9. The third kappa shape index (κ3) is 2.46. The molecule has 0 aliphatic heterocycles. The minimum atomic E-state index is 0.311. The average molecular weight is 287 g/mol. The summed E-state index contributed by atoms with van der Waals surface area (Å²) in [6, 6.07) is 13.6. The highest BCUT2D eigenvalue weighted by Crippen LogP contribution is 2.34. The molecule has 2 aromatic heterocycles. The van der Waals surface area contributed by atoms with E-state index >= 15 is 0 Å². The average Bonchev–Trinajstić information content (AvgIpc) is 3.04. The van der Waals surface area contributed by atoms with Gasteiger partial charge in [-0.2, -0.15) is 0 Å². The van der Waals surface area contributed by atoms with E-state index in [1.165, 1.54) is 25.4 Å². The van der Waals surface area contributed by atoms with Gasteiger partial charge in [-0.15, -0.1) is 22.7 Å². The Morgan fingerprint density at radius 1 is 1.16 bits per heavy atom. The second kappa shape index (κ2) is 5.45. The van der Waals surface area contributed by atoms with Gasteiger partial charge >= 0.3 is 0 Å². The van der Waals surface area contributed by atoms with Crippen molar-refractivity contribution in [1.29, 1.82) is 0 Å². The van der Waals surface area contributed by atoms with Crippen molar-refractivity contribution in [2.45, 2.75) is 19.9 Å². The summed E-state index contributed by atoms with van der Waals surface area (Å²) >= 11 is 3.72. The number of benzene rings is 1. The van der Waals surface area contributed by atoms with Gasteiger partial charge < -0.3 is 5.32 Å². The van der Waals surface area contributed by atoms with Crippen LogP contribution in [-0.4, -0.2) is 6.54 Å². The Labute approximate surface area is 121 Å². The van der Waals surface area contributed by atoms with Crippen LogP contribution in [0.4, 0.5) is 0 Å². The van der Waals surface area contributed by atoms with Crippen LogP contribution in [0.5, 0.6) is 0 Å². The maximum absolute atomic E-state index is 3.63. The van der Waals surface area contributed by atoms with E-state index < -0.39 is 0 Å². The Hall–Kier alpha value is -1.16. The minimum absolute atomic E-state index is 0.311. The molecular formula is C16H17NS2. The molecule has 0 aliphatic carbocycles. The van der Waals surface area contributed by atoms with Crippen molar-refractivity contribution in [2.75, 3.05) is 6.54 Å². The molecule has 1 nitrogen and oxygen atoms in total. The molecule has 0 saturated heterocycles. The molecule has 0 radical (unpaired) electrons. The third-order valence-electron chi connectivity index (χ3n) is 3.27. The summed E-state index contributed by atoms with van der Waals surface area (Å²) < 4.78 is 1.40. The maximum Gasteiger partial charge on any atom is 0.0685 e. The van der Waals surface area contributed by atoms with E-state index in [-0.39, 0.29) is 0 Å². The summed E-state index contributed by atoms with van der Waals surface area (Å²) in [7, 11) is 0. The zero-order chi connectivity index (χ0) is 13.2. The van der Waals surface area contributed by atoms with Gasteiger partial charge in [-0.05, 0) is 48.0 Å². The van der Waals surface area contributed by atoms with Crippen molar-refractivity contribution in [2.24, 2.45) is 0 Å². The smallest absolute Gasteiger partial charge is 0.0685 e. The highest BCUT2D eigenvalue weighted by Gasteiger charge is 2.17. The lowest BCUT2D eigenvalue weighted by Crippen LogP contribution is -2.21. The molecule has 3 rings (SSSR count). The van der Waals surface area contributed by atoms with E-state index in [0.29, 0.717) is 6.04 Å². The molecule has 1 aromatic carbocycles. The molecule has 19 heavy (non-hydrogen) atoms. The second-order valence-corrected chi connectivity index (χ2v) is 6.86. The molecule has 0 bridgehead atoms. The van der Waals surface area contributed by atoms with Crippen molar-refractivity contribution >= 4 is 32.8 Å². The molecule has 0 spiro atoms. The quantitative estimate of drug-likeness (QED) is 0.714. The molecule has 98 valence electrons. The molecule has 1 atom stereocenters. The third-order valence-corrected chi connectivity index (χ3v) is 5.32. The number of nitrogens with one attached hydrogen (secondary N) is 1. The lowest BCUT2D eigenvalue weighted by molar-refractivity contribution is 0.644. The highest BCUT2D eigenvalue weighted by atomic mass is 32.1. The molecule has 0 saturated carbocycles. The summed E-state index contributed by atoms with van der Waals surface area (Å²) in [5, 5.41) is 7.15. The number of rotatable bonds is 4. The molecule has 0 fully saturated rings. The van der Waals surface area contributed by atoms with Gasteiger partial charge in [-0.25, -0.2) is 0 Å². The van der Waals surface area contributed by atoms with Gasteiger partial charge in [0.25, 0.3) is 0 Å². The number of hydrogen-bond donors (Lipinski definition) is 1. The molecule has 3 aromatic rings. The summed E-state index contributed by atoms with van der Waals surface area (Å²) in [5.74, 6) is 0. The van der Waals surface area contributed by atoms with Crippen LogP contribution in [0, 0.1) is 6.92 Å². The lowest BCUT2D eigenvalue weighted by atomic mass is 10.0. The topological polar surface area (TPSA) is 12.0 Å². The Balaban J connectivity index is 2.11. The predicted octanol–water partition coefficient (Wildman–Crippen LogP) is 4.97. The fraction of sp³-hybridized carbons (Fsp3) is 0.250. The van der Waals surface area contributed by atoms with Crippen molar-refractivity contribution in [3.8, 4) is 0 Å². The minimum Gasteiger partial charge on any atom is -0.306 e. The summed E-state index contributed by atoms with van der Waals surface area (Å²) in [5.41, 5.74) is 1.40. The van der Waals surface area contributed by atoms with Crippen molar-refractivity contribution < 1.29 is 0 Å². The molecular weight excluding hydrogens is 270 g/mol. The number of thiophene rings is 2. The normalized spacial score (nSPS) is 12.9. The molecule has 1 N–H and O–H groups in total. The first-order valence-corrected chi connectivity index (χ1v) is 8.25. The first-order chi connectivity index (χ1) is 9.29. The number of hydrogen-bond acceptors (Lipinski definition) is 3. The summed E-state index contributed by atoms with van der Waals surface area (Å²) in [6.07, 6.45) is 0. The standard InChI is InChI=1S/C16H17NS2/c1-3-17-15(14-8-7-11(2)19-14)13-6-4-5-12-9-10-18-16(12)13/h4-10,15,17H,3H2,1-2H3. The van der Waals surface area contributed by atoms with Crippen LogP contribution in [0.1, 0.15) is 28.3 Å². The Kier molecular flexibility index (Phi) is 3.69.